The Labute approximate surface area is 143 Å². The van der Waals surface area contributed by atoms with Crippen molar-refractivity contribution in [3.05, 3.63) is 69.5 Å². The first kappa shape index (κ1) is 15.6. The number of ketones is 1. The van der Waals surface area contributed by atoms with E-state index in [1.54, 1.807) is 24.3 Å². The molecule has 0 unspecified atom stereocenters. The minimum atomic E-state index is -0.110. The summed E-state index contributed by atoms with van der Waals surface area (Å²) in [6, 6.07) is 14.4. The molecule has 4 nitrogen and oxygen atoms in total. The van der Waals surface area contributed by atoms with Gasteiger partial charge >= 0.3 is 0 Å². The molecule has 1 aromatic heterocycles. The molecule has 0 saturated carbocycles. The number of carbonyl (C=O) groups excluding carboxylic acids is 1. The zero-order valence-corrected chi connectivity index (χ0v) is 13.9. The van der Waals surface area contributed by atoms with Crippen LogP contribution in [0.4, 0.5) is 0 Å². The van der Waals surface area contributed by atoms with Gasteiger partial charge in [-0.2, -0.15) is 0 Å². The van der Waals surface area contributed by atoms with Crippen LogP contribution in [0.25, 0.3) is 11.5 Å². The summed E-state index contributed by atoms with van der Waals surface area (Å²) in [5.41, 5.74) is 2.51. The molecular weight excluding hydrogens is 332 g/mol. The van der Waals surface area contributed by atoms with E-state index in [-0.39, 0.29) is 17.2 Å². The van der Waals surface area contributed by atoms with Crippen molar-refractivity contribution in [3.63, 3.8) is 0 Å². The van der Waals surface area contributed by atoms with Crippen molar-refractivity contribution in [2.45, 2.75) is 13.5 Å². The Bertz CT molecular complexity index is 896. The molecule has 0 N–H and O–H groups in total. The lowest BCUT2D eigenvalue weighted by atomic mass is 10.1. The third-order valence-electron chi connectivity index (χ3n) is 3.36. The summed E-state index contributed by atoms with van der Waals surface area (Å²) in [6.07, 6.45) is 0. The highest BCUT2D eigenvalue weighted by molar-refractivity contribution is 7.71. The van der Waals surface area contributed by atoms with Crippen LogP contribution in [0.5, 0.6) is 0 Å². The molecule has 0 atom stereocenters. The van der Waals surface area contributed by atoms with E-state index in [0.717, 1.165) is 11.1 Å². The summed E-state index contributed by atoms with van der Waals surface area (Å²) in [5, 5.41) is 4.88. The zero-order chi connectivity index (χ0) is 16.4. The van der Waals surface area contributed by atoms with Gasteiger partial charge in [0.05, 0.1) is 0 Å². The number of aromatic nitrogens is 2. The lowest BCUT2D eigenvalue weighted by Gasteiger charge is -2.00. The van der Waals surface area contributed by atoms with Gasteiger partial charge in [-0.05, 0) is 55.5 Å². The van der Waals surface area contributed by atoms with Crippen LogP contribution in [0, 0.1) is 11.8 Å². The Kier molecular flexibility index (Phi) is 4.41. The molecule has 0 aliphatic heterocycles. The number of hydrogen-bond acceptors (Lipinski definition) is 4. The van der Waals surface area contributed by atoms with Crippen LogP contribution in [0.1, 0.15) is 15.9 Å². The van der Waals surface area contributed by atoms with Gasteiger partial charge in [0.25, 0.3) is 4.84 Å². The Hall–Kier alpha value is -2.24. The monoisotopic (exact) mass is 344 g/mol. The first-order chi connectivity index (χ1) is 11.0. The number of carbonyl (C=O) groups is 1. The molecule has 0 fully saturated rings. The third-order valence-corrected chi connectivity index (χ3v) is 3.91. The SMILES string of the molecule is Cc1ccc(-c2nn(CC(=O)c3ccc(Cl)cc3)c(=S)o2)cc1. The first-order valence-corrected chi connectivity index (χ1v) is 7.75. The van der Waals surface area contributed by atoms with Gasteiger partial charge in [-0.1, -0.05) is 29.3 Å². The Morgan fingerprint density at radius 3 is 2.48 bits per heavy atom. The largest absolute Gasteiger partial charge is 0.409 e. The standard InChI is InChI=1S/C17H13ClN2O2S/c1-11-2-4-13(5-3-11)16-19-20(17(23)22-16)10-15(21)12-6-8-14(18)9-7-12/h2-9H,10H2,1H3. The number of halogens is 1. The highest BCUT2D eigenvalue weighted by Crippen LogP contribution is 2.18. The molecule has 0 bridgehead atoms. The van der Waals surface area contributed by atoms with E-state index in [0.29, 0.717) is 16.5 Å². The number of nitrogens with zero attached hydrogens (tertiary/aromatic N) is 2. The Balaban J connectivity index is 1.84. The minimum Gasteiger partial charge on any atom is -0.409 e. The van der Waals surface area contributed by atoms with Gasteiger partial charge in [0.1, 0.15) is 6.54 Å². The molecule has 3 aromatic rings. The summed E-state index contributed by atoms with van der Waals surface area (Å²) < 4.78 is 6.88. The molecule has 0 saturated heterocycles. The molecule has 23 heavy (non-hydrogen) atoms. The molecule has 2 aromatic carbocycles. The molecule has 1 heterocycles. The molecule has 0 spiro atoms. The van der Waals surface area contributed by atoms with E-state index in [1.165, 1.54) is 4.68 Å². The van der Waals surface area contributed by atoms with Crippen molar-refractivity contribution < 1.29 is 9.21 Å². The average molecular weight is 345 g/mol. The predicted molar refractivity (Wildman–Crippen MR) is 91.3 cm³/mol. The molecular formula is C17H13ClN2O2S. The topological polar surface area (TPSA) is 48.0 Å². The second-order valence-corrected chi connectivity index (χ2v) is 5.91. The fourth-order valence-electron chi connectivity index (χ4n) is 2.08. The summed E-state index contributed by atoms with van der Waals surface area (Å²) in [5.74, 6) is 0.292. The van der Waals surface area contributed by atoms with Gasteiger partial charge in [-0.15, -0.1) is 5.10 Å². The van der Waals surface area contributed by atoms with Crippen LogP contribution in [0.2, 0.25) is 5.02 Å². The zero-order valence-electron chi connectivity index (χ0n) is 12.3. The van der Waals surface area contributed by atoms with Crippen LogP contribution < -0.4 is 0 Å². The van der Waals surface area contributed by atoms with E-state index in [4.69, 9.17) is 28.2 Å². The van der Waals surface area contributed by atoms with E-state index >= 15 is 0 Å². The highest BCUT2D eigenvalue weighted by atomic mass is 35.5. The first-order valence-electron chi connectivity index (χ1n) is 6.97. The maximum atomic E-state index is 12.3. The fourth-order valence-corrected chi connectivity index (χ4v) is 2.39. The van der Waals surface area contributed by atoms with E-state index < -0.39 is 0 Å². The van der Waals surface area contributed by atoms with Crippen molar-refractivity contribution >= 4 is 29.6 Å². The van der Waals surface area contributed by atoms with Gasteiger partial charge < -0.3 is 4.42 Å². The van der Waals surface area contributed by atoms with Crippen molar-refractivity contribution in [1.82, 2.24) is 9.78 Å². The second kappa shape index (κ2) is 6.48. The van der Waals surface area contributed by atoms with Crippen LogP contribution >= 0.6 is 23.8 Å². The summed E-state index contributed by atoms with van der Waals surface area (Å²) in [6.45, 7) is 2.03. The Morgan fingerprint density at radius 2 is 1.83 bits per heavy atom. The van der Waals surface area contributed by atoms with E-state index in [2.05, 4.69) is 5.10 Å². The van der Waals surface area contributed by atoms with Crippen LogP contribution in [-0.2, 0) is 6.54 Å². The maximum absolute atomic E-state index is 12.3. The third kappa shape index (κ3) is 3.57. The smallest absolute Gasteiger partial charge is 0.287 e. The summed E-state index contributed by atoms with van der Waals surface area (Å²) >= 11 is 11.0. The molecule has 0 aliphatic carbocycles. The van der Waals surface area contributed by atoms with Crippen LogP contribution in [-0.4, -0.2) is 15.6 Å². The van der Waals surface area contributed by atoms with Crippen molar-refractivity contribution in [3.8, 4) is 11.5 Å². The number of benzene rings is 2. The minimum absolute atomic E-state index is 0.0236. The van der Waals surface area contributed by atoms with Crippen LogP contribution in [0.15, 0.2) is 52.9 Å². The van der Waals surface area contributed by atoms with Crippen molar-refractivity contribution in [2.75, 3.05) is 0 Å². The maximum Gasteiger partial charge on any atom is 0.287 e. The lowest BCUT2D eigenvalue weighted by molar-refractivity contribution is 0.0966. The summed E-state index contributed by atoms with van der Waals surface area (Å²) in [4.78, 5) is 12.4. The molecule has 3 rings (SSSR count). The quantitative estimate of drug-likeness (QED) is 0.507. The number of Topliss-reactive ketones (excluding diaryl/α,β-unsaturated/α-hetero) is 1. The summed E-state index contributed by atoms with van der Waals surface area (Å²) in [7, 11) is 0. The van der Waals surface area contributed by atoms with Gasteiger partial charge in [0, 0.05) is 16.1 Å². The second-order valence-electron chi connectivity index (χ2n) is 5.13. The van der Waals surface area contributed by atoms with Gasteiger partial charge in [-0.25, -0.2) is 4.68 Å². The molecule has 0 amide bonds. The Morgan fingerprint density at radius 1 is 1.17 bits per heavy atom. The highest BCUT2D eigenvalue weighted by Gasteiger charge is 2.12. The van der Waals surface area contributed by atoms with E-state index in [9.17, 15) is 4.79 Å². The lowest BCUT2D eigenvalue weighted by Crippen LogP contribution is -2.11. The average Bonchev–Trinajstić information content (AvgIpc) is 2.89. The van der Waals surface area contributed by atoms with Gasteiger partial charge in [-0.3, -0.25) is 4.79 Å². The van der Waals surface area contributed by atoms with Gasteiger partial charge in [0.15, 0.2) is 5.78 Å². The predicted octanol–water partition coefficient (Wildman–Crippen LogP) is 4.72. The molecule has 116 valence electrons. The fraction of sp³-hybridized carbons (Fsp3) is 0.118. The van der Waals surface area contributed by atoms with E-state index in [1.807, 2.05) is 31.2 Å². The van der Waals surface area contributed by atoms with Gasteiger partial charge in [0.2, 0.25) is 5.89 Å². The molecule has 6 heteroatoms. The van der Waals surface area contributed by atoms with Crippen molar-refractivity contribution in [2.24, 2.45) is 0 Å². The number of aryl methyl sites for hydroxylation is 1. The van der Waals surface area contributed by atoms with Crippen LogP contribution in [0.3, 0.4) is 0 Å². The molecule has 0 radical (unpaired) electrons. The number of hydrogen-bond donors (Lipinski definition) is 0. The molecule has 0 aliphatic rings. The normalized spacial score (nSPS) is 10.7. The van der Waals surface area contributed by atoms with Crippen molar-refractivity contribution in [1.29, 1.82) is 0 Å². The number of rotatable bonds is 4.